The molecule has 1 N–H and O–H groups in total. The maximum absolute atomic E-state index is 5.61. The normalized spacial score (nSPS) is 27.7. The van der Waals surface area contributed by atoms with Gasteiger partial charge >= 0.3 is 0 Å². The second-order valence-electron chi connectivity index (χ2n) is 7.39. The SMILES string of the molecule is CC(C)COCCCNC1CC(C)CC(C)(C)C1. The van der Waals surface area contributed by atoms with Gasteiger partial charge in [-0.05, 0) is 49.5 Å². The van der Waals surface area contributed by atoms with Crippen molar-refractivity contribution in [3.05, 3.63) is 0 Å². The Hall–Kier alpha value is -0.0800. The summed E-state index contributed by atoms with van der Waals surface area (Å²) in [5, 5.41) is 3.72. The Morgan fingerprint density at radius 1 is 1.28 bits per heavy atom. The second kappa shape index (κ2) is 7.49. The van der Waals surface area contributed by atoms with E-state index in [1.165, 1.54) is 19.3 Å². The fourth-order valence-electron chi connectivity index (χ4n) is 3.30. The van der Waals surface area contributed by atoms with Gasteiger partial charge in [-0.3, -0.25) is 0 Å². The molecule has 0 radical (unpaired) electrons. The highest BCUT2D eigenvalue weighted by Gasteiger charge is 2.31. The molecule has 1 rings (SSSR count). The third kappa shape index (κ3) is 6.75. The summed E-state index contributed by atoms with van der Waals surface area (Å²) in [5.41, 5.74) is 0.517. The third-order valence-electron chi connectivity index (χ3n) is 3.74. The molecule has 1 saturated carbocycles. The van der Waals surface area contributed by atoms with Crippen LogP contribution in [-0.2, 0) is 4.74 Å². The fraction of sp³-hybridized carbons (Fsp3) is 1.00. The van der Waals surface area contributed by atoms with Crippen molar-refractivity contribution in [2.75, 3.05) is 19.8 Å². The van der Waals surface area contributed by atoms with E-state index in [2.05, 4.69) is 39.9 Å². The van der Waals surface area contributed by atoms with Gasteiger partial charge in [-0.25, -0.2) is 0 Å². The van der Waals surface area contributed by atoms with Crippen LogP contribution >= 0.6 is 0 Å². The quantitative estimate of drug-likeness (QED) is 0.698. The van der Waals surface area contributed by atoms with Crippen molar-refractivity contribution in [2.24, 2.45) is 17.3 Å². The van der Waals surface area contributed by atoms with Crippen molar-refractivity contribution in [3.8, 4) is 0 Å². The lowest BCUT2D eigenvalue weighted by Gasteiger charge is -2.39. The molecule has 2 atom stereocenters. The maximum atomic E-state index is 5.61. The van der Waals surface area contributed by atoms with E-state index in [9.17, 15) is 0 Å². The monoisotopic (exact) mass is 255 g/mol. The van der Waals surface area contributed by atoms with Gasteiger partial charge < -0.3 is 10.1 Å². The third-order valence-corrected chi connectivity index (χ3v) is 3.74. The molecule has 0 saturated heterocycles. The van der Waals surface area contributed by atoms with Crippen LogP contribution in [0.1, 0.15) is 60.3 Å². The van der Waals surface area contributed by atoms with E-state index in [4.69, 9.17) is 4.74 Å². The smallest absolute Gasteiger partial charge is 0.0489 e. The van der Waals surface area contributed by atoms with E-state index in [0.717, 1.165) is 32.1 Å². The van der Waals surface area contributed by atoms with Crippen LogP contribution in [0.4, 0.5) is 0 Å². The van der Waals surface area contributed by atoms with Crippen LogP contribution in [0.15, 0.2) is 0 Å². The van der Waals surface area contributed by atoms with Crippen molar-refractivity contribution < 1.29 is 4.74 Å². The van der Waals surface area contributed by atoms with E-state index in [1.54, 1.807) is 0 Å². The van der Waals surface area contributed by atoms with Gasteiger partial charge in [0.1, 0.15) is 0 Å². The van der Waals surface area contributed by atoms with Crippen LogP contribution in [0.2, 0.25) is 0 Å². The summed E-state index contributed by atoms with van der Waals surface area (Å²) < 4.78 is 5.61. The van der Waals surface area contributed by atoms with E-state index >= 15 is 0 Å². The molecule has 0 aromatic heterocycles. The van der Waals surface area contributed by atoms with Crippen molar-refractivity contribution >= 4 is 0 Å². The Morgan fingerprint density at radius 3 is 2.61 bits per heavy atom. The molecule has 2 heteroatoms. The Balaban J connectivity index is 2.08. The minimum atomic E-state index is 0.517. The maximum Gasteiger partial charge on any atom is 0.0489 e. The zero-order valence-corrected chi connectivity index (χ0v) is 13.1. The molecule has 0 aromatic carbocycles. The van der Waals surface area contributed by atoms with Gasteiger partial charge in [0.25, 0.3) is 0 Å². The molecule has 0 spiro atoms. The van der Waals surface area contributed by atoms with E-state index in [-0.39, 0.29) is 0 Å². The highest BCUT2D eigenvalue weighted by atomic mass is 16.5. The van der Waals surface area contributed by atoms with E-state index in [0.29, 0.717) is 17.4 Å². The van der Waals surface area contributed by atoms with E-state index in [1.807, 2.05) is 0 Å². The molecule has 2 nitrogen and oxygen atoms in total. The van der Waals surface area contributed by atoms with Gasteiger partial charge in [-0.15, -0.1) is 0 Å². The van der Waals surface area contributed by atoms with Crippen LogP contribution in [0.5, 0.6) is 0 Å². The largest absolute Gasteiger partial charge is 0.381 e. The Morgan fingerprint density at radius 2 is 2.00 bits per heavy atom. The first-order valence-corrected chi connectivity index (χ1v) is 7.70. The predicted octanol–water partition coefficient (Wildman–Crippen LogP) is 3.85. The molecule has 2 unspecified atom stereocenters. The van der Waals surface area contributed by atoms with E-state index < -0.39 is 0 Å². The van der Waals surface area contributed by atoms with Crippen LogP contribution in [0.3, 0.4) is 0 Å². The average Bonchev–Trinajstić information content (AvgIpc) is 2.19. The standard InChI is InChI=1S/C16H33NO/c1-13(2)12-18-8-6-7-17-15-9-14(3)10-16(4,5)11-15/h13-15,17H,6-12H2,1-5H3. The summed E-state index contributed by atoms with van der Waals surface area (Å²) >= 11 is 0. The first-order valence-electron chi connectivity index (χ1n) is 7.70. The summed E-state index contributed by atoms with van der Waals surface area (Å²) in [6.07, 6.45) is 5.18. The van der Waals surface area contributed by atoms with Gasteiger partial charge in [0.05, 0.1) is 0 Å². The first kappa shape index (κ1) is 16.0. The Bertz CT molecular complexity index is 225. The molecule has 1 aliphatic carbocycles. The summed E-state index contributed by atoms with van der Waals surface area (Å²) in [4.78, 5) is 0. The lowest BCUT2D eigenvalue weighted by molar-refractivity contribution is 0.104. The molecule has 0 aliphatic heterocycles. The van der Waals surface area contributed by atoms with Gasteiger partial charge in [0, 0.05) is 19.3 Å². The lowest BCUT2D eigenvalue weighted by Crippen LogP contribution is -2.40. The zero-order chi connectivity index (χ0) is 13.6. The topological polar surface area (TPSA) is 21.3 Å². The van der Waals surface area contributed by atoms with Crippen molar-refractivity contribution in [2.45, 2.75) is 66.3 Å². The highest BCUT2D eigenvalue weighted by molar-refractivity contribution is 4.86. The molecule has 1 fully saturated rings. The molecule has 0 aromatic rings. The molecule has 0 heterocycles. The first-order chi connectivity index (χ1) is 8.39. The van der Waals surface area contributed by atoms with Gasteiger partial charge in [0.2, 0.25) is 0 Å². The molecular formula is C16H33NO. The van der Waals surface area contributed by atoms with Crippen molar-refractivity contribution in [1.82, 2.24) is 5.32 Å². The van der Waals surface area contributed by atoms with Crippen LogP contribution in [0.25, 0.3) is 0 Å². The lowest BCUT2D eigenvalue weighted by atomic mass is 9.70. The van der Waals surface area contributed by atoms with Crippen LogP contribution in [0, 0.1) is 17.3 Å². The number of ether oxygens (including phenoxy) is 1. The summed E-state index contributed by atoms with van der Waals surface area (Å²) in [6.45, 7) is 14.5. The minimum absolute atomic E-state index is 0.517. The Kier molecular flexibility index (Phi) is 6.65. The van der Waals surface area contributed by atoms with Crippen molar-refractivity contribution in [1.29, 1.82) is 0 Å². The number of hydrogen-bond donors (Lipinski definition) is 1. The summed E-state index contributed by atoms with van der Waals surface area (Å²) in [5.74, 6) is 1.52. The molecule has 18 heavy (non-hydrogen) atoms. The zero-order valence-electron chi connectivity index (χ0n) is 13.1. The minimum Gasteiger partial charge on any atom is -0.381 e. The second-order valence-corrected chi connectivity index (χ2v) is 7.39. The number of nitrogens with one attached hydrogen (secondary N) is 1. The van der Waals surface area contributed by atoms with Crippen LogP contribution in [-0.4, -0.2) is 25.8 Å². The van der Waals surface area contributed by atoms with Crippen LogP contribution < -0.4 is 5.32 Å². The fourth-order valence-corrected chi connectivity index (χ4v) is 3.30. The molecule has 1 aliphatic rings. The molecule has 0 amide bonds. The summed E-state index contributed by atoms with van der Waals surface area (Å²) in [6, 6.07) is 0.717. The Labute approximate surface area is 114 Å². The van der Waals surface area contributed by atoms with Gasteiger partial charge in [-0.1, -0.05) is 34.6 Å². The molecule has 0 bridgehead atoms. The summed E-state index contributed by atoms with van der Waals surface area (Å²) in [7, 11) is 0. The van der Waals surface area contributed by atoms with Gasteiger partial charge in [0.15, 0.2) is 0 Å². The number of rotatable bonds is 7. The molecular weight excluding hydrogens is 222 g/mol. The highest BCUT2D eigenvalue weighted by Crippen LogP contribution is 2.38. The predicted molar refractivity (Wildman–Crippen MR) is 78.9 cm³/mol. The average molecular weight is 255 g/mol. The van der Waals surface area contributed by atoms with Gasteiger partial charge in [-0.2, -0.15) is 0 Å². The molecule has 108 valence electrons. The van der Waals surface area contributed by atoms with Crippen molar-refractivity contribution in [3.63, 3.8) is 0 Å². The number of hydrogen-bond acceptors (Lipinski definition) is 2.